The summed E-state index contributed by atoms with van der Waals surface area (Å²) in [6, 6.07) is 10.3. The number of ether oxygens (including phenoxy) is 1. The predicted octanol–water partition coefficient (Wildman–Crippen LogP) is 3.92. The molecule has 10 heteroatoms. The highest BCUT2D eigenvalue weighted by atomic mass is 32.2. The molecule has 1 saturated heterocycles. The van der Waals surface area contributed by atoms with Gasteiger partial charge >= 0.3 is 0 Å². The number of amides is 1. The van der Waals surface area contributed by atoms with E-state index in [0.717, 1.165) is 34.2 Å². The van der Waals surface area contributed by atoms with Gasteiger partial charge in [-0.1, -0.05) is 17.4 Å². The molecule has 0 spiro atoms. The molecule has 1 fully saturated rings. The zero-order valence-electron chi connectivity index (χ0n) is 21.5. The van der Waals surface area contributed by atoms with E-state index in [2.05, 4.69) is 13.0 Å². The van der Waals surface area contributed by atoms with Crippen molar-refractivity contribution in [3.8, 4) is 0 Å². The highest BCUT2D eigenvalue weighted by Gasteiger charge is 2.27. The first-order chi connectivity index (χ1) is 17.1. The molecule has 4 rings (SSSR count). The number of aromatic nitrogens is 1. The molecule has 0 radical (unpaired) electrons. The van der Waals surface area contributed by atoms with Gasteiger partial charge in [-0.2, -0.15) is 4.31 Å². The average Bonchev–Trinajstić information content (AvgIpc) is 3.52. The number of thiazole rings is 1. The molecule has 194 valence electrons. The van der Waals surface area contributed by atoms with Crippen molar-refractivity contribution in [2.75, 3.05) is 52.3 Å². The van der Waals surface area contributed by atoms with Gasteiger partial charge in [0.1, 0.15) is 0 Å². The molecule has 0 bridgehead atoms. The summed E-state index contributed by atoms with van der Waals surface area (Å²) in [5, 5.41) is 0.638. The smallest absolute Gasteiger partial charge is 0.260 e. The van der Waals surface area contributed by atoms with Crippen molar-refractivity contribution >= 4 is 42.6 Å². The first kappa shape index (κ1) is 26.7. The van der Waals surface area contributed by atoms with E-state index in [4.69, 9.17) is 9.72 Å². The number of hydrogen-bond donors (Lipinski definition) is 0. The number of benzene rings is 2. The van der Waals surface area contributed by atoms with E-state index in [1.54, 1.807) is 24.1 Å². The average molecular weight is 531 g/mol. The minimum Gasteiger partial charge on any atom is -0.377 e. The van der Waals surface area contributed by atoms with Gasteiger partial charge in [-0.25, -0.2) is 13.4 Å². The molecule has 0 aliphatic carbocycles. The molecule has 0 N–H and O–H groups in total. The van der Waals surface area contributed by atoms with Crippen LogP contribution in [0.2, 0.25) is 0 Å². The first-order valence-electron chi connectivity index (χ1n) is 12.1. The number of sulfonamides is 1. The van der Waals surface area contributed by atoms with Crippen molar-refractivity contribution in [2.24, 2.45) is 0 Å². The second-order valence-corrected chi connectivity index (χ2v) is 12.6. The maximum atomic E-state index is 13.6. The molecule has 1 unspecified atom stereocenters. The Morgan fingerprint density at radius 3 is 2.44 bits per heavy atom. The van der Waals surface area contributed by atoms with Crippen molar-refractivity contribution in [1.29, 1.82) is 0 Å². The molecule has 3 aromatic rings. The van der Waals surface area contributed by atoms with Gasteiger partial charge in [0, 0.05) is 38.9 Å². The van der Waals surface area contributed by atoms with Crippen LogP contribution in [0.5, 0.6) is 0 Å². The van der Waals surface area contributed by atoms with E-state index in [-0.39, 0.29) is 16.9 Å². The number of fused-ring (bicyclic) bond motifs is 1. The van der Waals surface area contributed by atoms with Crippen molar-refractivity contribution < 1.29 is 17.9 Å². The number of hydrogen-bond acceptors (Lipinski definition) is 7. The molecule has 0 saturated carbocycles. The molecule has 2 aromatic carbocycles. The number of rotatable bonds is 9. The lowest BCUT2D eigenvalue weighted by Gasteiger charge is -2.23. The predicted molar refractivity (Wildman–Crippen MR) is 145 cm³/mol. The van der Waals surface area contributed by atoms with Crippen LogP contribution in [-0.2, 0) is 14.8 Å². The fourth-order valence-electron chi connectivity index (χ4n) is 4.19. The zero-order valence-corrected chi connectivity index (χ0v) is 23.2. The Hall–Kier alpha value is -2.37. The summed E-state index contributed by atoms with van der Waals surface area (Å²) in [6.07, 6.45) is 1.74. The molecular weight excluding hydrogens is 496 g/mol. The van der Waals surface area contributed by atoms with Gasteiger partial charge in [0.25, 0.3) is 5.91 Å². The third kappa shape index (κ3) is 5.63. The van der Waals surface area contributed by atoms with E-state index >= 15 is 0 Å². The molecular formula is C26H34N4O4S2. The number of aryl methyl sites for hydroxylation is 2. The number of carbonyl (C=O) groups is 1. The Morgan fingerprint density at radius 2 is 1.81 bits per heavy atom. The topological polar surface area (TPSA) is 83.1 Å². The summed E-state index contributed by atoms with van der Waals surface area (Å²) >= 11 is 1.49. The maximum Gasteiger partial charge on any atom is 0.260 e. The molecule has 8 nitrogen and oxygen atoms in total. The molecule has 1 aliphatic rings. The summed E-state index contributed by atoms with van der Waals surface area (Å²) in [5.74, 6) is -0.207. The summed E-state index contributed by atoms with van der Waals surface area (Å²) in [5.41, 5.74) is 3.60. The van der Waals surface area contributed by atoms with Crippen LogP contribution in [0.1, 0.15) is 34.3 Å². The van der Waals surface area contributed by atoms with Gasteiger partial charge < -0.3 is 9.64 Å². The maximum absolute atomic E-state index is 13.6. The standard InChI is InChI=1S/C26H34N4O4S2/c1-18-8-13-23-24(19(18)2)27-26(35-23)30(15-14-28(3)4)25(31)20-9-11-22(12-10-20)36(32,33)29(5)17-21-7-6-16-34-21/h8-13,21H,6-7,14-17H2,1-5H3. The Morgan fingerprint density at radius 1 is 1.08 bits per heavy atom. The lowest BCUT2D eigenvalue weighted by molar-refractivity contribution is 0.0978. The number of nitrogens with zero attached hydrogens (tertiary/aromatic N) is 4. The second-order valence-electron chi connectivity index (χ2n) is 9.56. The van der Waals surface area contributed by atoms with E-state index in [1.807, 2.05) is 32.0 Å². The second kappa shape index (κ2) is 10.9. The minimum absolute atomic E-state index is 0.0721. The van der Waals surface area contributed by atoms with Crippen LogP contribution in [0, 0.1) is 13.8 Å². The Balaban J connectivity index is 1.59. The first-order valence-corrected chi connectivity index (χ1v) is 14.3. The molecule has 36 heavy (non-hydrogen) atoms. The van der Waals surface area contributed by atoms with Crippen molar-refractivity contribution in [1.82, 2.24) is 14.2 Å². The van der Waals surface area contributed by atoms with Gasteiger partial charge in [-0.15, -0.1) is 0 Å². The highest BCUT2D eigenvalue weighted by molar-refractivity contribution is 7.89. The van der Waals surface area contributed by atoms with Gasteiger partial charge in [-0.05, 0) is 82.2 Å². The van der Waals surface area contributed by atoms with Crippen LogP contribution in [-0.4, -0.2) is 82.0 Å². The summed E-state index contributed by atoms with van der Waals surface area (Å²) in [7, 11) is 1.81. The quantitative estimate of drug-likeness (QED) is 0.417. The fourth-order valence-corrected chi connectivity index (χ4v) is 6.44. The molecule has 2 heterocycles. The van der Waals surface area contributed by atoms with Crippen LogP contribution >= 0.6 is 11.3 Å². The number of carbonyl (C=O) groups excluding carboxylic acids is 1. The molecule has 1 atom stereocenters. The van der Waals surface area contributed by atoms with Crippen molar-refractivity contribution in [3.63, 3.8) is 0 Å². The van der Waals surface area contributed by atoms with Gasteiger partial charge in [0.15, 0.2) is 5.13 Å². The monoisotopic (exact) mass is 530 g/mol. The van der Waals surface area contributed by atoms with Crippen LogP contribution in [0.15, 0.2) is 41.3 Å². The van der Waals surface area contributed by atoms with Gasteiger partial charge in [-0.3, -0.25) is 9.69 Å². The Kier molecular flexibility index (Phi) is 8.11. The van der Waals surface area contributed by atoms with Crippen molar-refractivity contribution in [2.45, 2.75) is 37.7 Å². The van der Waals surface area contributed by atoms with Crippen LogP contribution in [0.25, 0.3) is 10.2 Å². The number of anilines is 1. The third-order valence-corrected chi connectivity index (χ3v) is 9.50. The Labute approximate surface area is 217 Å². The summed E-state index contributed by atoms with van der Waals surface area (Å²) < 4.78 is 34.1. The molecule has 1 aromatic heterocycles. The van der Waals surface area contributed by atoms with Crippen LogP contribution in [0.4, 0.5) is 5.13 Å². The molecule has 1 aliphatic heterocycles. The highest BCUT2D eigenvalue weighted by Crippen LogP contribution is 2.32. The normalized spacial score (nSPS) is 16.4. The lowest BCUT2D eigenvalue weighted by Crippen LogP contribution is -2.37. The zero-order chi connectivity index (χ0) is 26.0. The molecule has 1 amide bonds. The Bertz CT molecular complexity index is 1330. The fraction of sp³-hybridized carbons (Fsp3) is 0.462. The summed E-state index contributed by atoms with van der Waals surface area (Å²) in [6.45, 7) is 6.22. The number of likely N-dealkylation sites (N-methyl/N-ethyl adjacent to an activating group) is 2. The SMILES string of the molecule is Cc1ccc2sc(N(CCN(C)C)C(=O)c3ccc(S(=O)(=O)N(C)CC4CCCO4)cc3)nc2c1C. The minimum atomic E-state index is -3.68. The third-order valence-electron chi connectivity index (χ3n) is 6.61. The van der Waals surface area contributed by atoms with Gasteiger partial charge in [0.05, 0.1) is 21.2 Å². The largest absolute Gasteiger partial charge is 0.377 e. The van der Waals surface area contributed by atoms with E-state index in [1.165, 1.54) is 27.8 Å². The van der Waals surface area contributed by atoms with E-state index < -0.39 is 10.0 Å². The van der Waals surface area contributed by atoms with Gasteiger partial charge in [0.2, 0.25) is 10.0 Å². The summed E-state index contributed by atoms with van der Waals surface area (Å²) in [4.78, 5) is 22.3. The lowest BCUT2D eigenvalue weighted by atomic mass is 10.1. The van der Waals surface area contributed by atoms with Crippen LogP contribution < -0.4 is 4.90 Å². The van der Waals surface area contributed by atoms with E-state index in [9.17, 15) is 13.2 Å². The van der Waals surface area contributed by atoms with Crippen LogP contribution in [0.3, 0.4) is 0 Å². The van der Waals surface area contributed by atoms with E-state index in [0.29, 0.717) is 36.9 Å². The van der Waals surface area contributed by atoms with Crippen molar-refractivity contribution in [3.05, 3.63) is 53.1 Å².